The van der Waals surface area contributed by atoms with E-state index >= 15 is 0 Å². The van der Waals surface area contributed by atoms with E-state index in [-0.39, 0.29) is 18.4 Å². The molecule has 0 aliphatic rings. The molecular weight excluding hydrogens is 385 g/mol. The SMILES string of the molecule is CN(C)C(=O)c1cccc(NCC(=O)Nc2cc(Cl)c(Cl)cc2Cl)c1. The lowest BCUT2D eigenvalue weighted by molar-refractivity contribution is -0.114. The van der Waals surface area contributed by atoms with E-state index < -0.39 is 0 Å². The van der Waals surface area contributed by atoms with Crippen molar-refractivity contribution in [3.8, 4) is 0 Å². The van der Waals surface area contributed by atoms with Gasteiger partial charge in [0.25, 0.3) is 5.91 Å². The predicted octanol–water partition coefficient (Wildman–Crippen LogP) is 4.40. The third-order valence-corrected chi connectivity index (χ3v) is 4.29. The van der Waals surface area contributed by atoms with Gasteiger partial charge in [0.05, 0.1) is 27.3 Å². The van der Waals surface area contributed by atoms with Gasteiger partial charge in [-0.3, -0.25) is 9.59 Å². The second kappa shape index (κ2) is 8.43. The summed E-state index contributed by atoms with van der Waals surface area (Å²) in [7, 11) is 3.35. The van der Waals surface area contributed by atoms with Crippen LogP contribution >= 0.6 is 34.8 Å². The Morgan fingerprint density at radius 2 is 1.68 bits per heavy atom. The summed E-state index contributed by atoms with van der Waals surface area (Å²) in [4.78, 5) is 25.5. The molecule has 5 nitrogen and oxygen atoms in total. The summed E-state index contributed by atoms with van der Waals surface area (Å²) in [5.41, 5.74) is 1.56. The van der Waals surface area contributed by atoms with Crippen molar-refractivity contribution in [2.24, 2.45) is 0 Å². The van der Waals surface area contributed by atoms with E-state index in [1.54, 1.807) is 38.4 Å². The third-order valence-electron chi connectivity index (χ3n) is 3.25. The van der Waals surface area contributed by atoms with E-state index in [0.717, 1.165) is 0 Å². The van der Waals surface area contributed by atoms with Gasteiger partial charge in [0.15, 0.2) is 0 Å². The van der Waals surface area contributed by atoms with E-state index in [0.29, 0.717) is 32.0 Å². The molecule has 2 aromatic carbocycles. The number of rotatable bonds is 5. The fraction of sp³-hybridized carbons (Fsp3) is 0.176. The maximum Gasteiger partial charge on any atom is 0.253 e. The van der Waals surface area contributed by atoms with Crippen LogP contribution in [0.15, 0.2) is 36.4 Å². The molecule has 0 heterocycles. The molecule has 0 fully saturated rings. The number of amides is 2. The second-order valence-electron chi connectivity index (χ2n) is 5.43. The molecule has 0 atom stereocenters. The van der Waals surface area contributed by atoms with Crippen LogP contribution in [0.2, 0.25) is 15.1 Å². The van der Waals surface area contributed by atoms with Crippen molar-refractivity contribution in [1.29, 1.82) is 0 Å². The van der Waals surface area contributed by atoms with Gasteiger partial charge in [-0.15, -0.1) is 0 Å². The maximum absolute atomic E-state index is 12.1. The van der Waals surface area contributed by atoms with Gasteiger partial charge in [-0.25, -0.2) is 0 Å². The van der Waals surface area contributed by atoms with Crippen LogP contribution in [0.3, 0.4) is 0 Å². The van der Waals surface area contributed by atoms with Crippen LogP contribution in [0.5, 0.6) is 0 Å². The molecule has 0 radical (unpaired) electrons. The average molecular weight is 401 g/mol. The van der Waals surface area contributed by atoms with E-state index in [1.165, 1.54) is 17.0 Å². The van der Waals surface area contributed by atoms with Crippen LogP contribution in [0, 0.1) is 0 Å². The normalized spacial score (nSPS) is 10.3. The van der Waals surface area contributed by atoms with Crippen LogP contribution in [-0.4, -0.2) is 37.4 Å². The Kier molecular flexibility index (Phi) is 6.53. The number of anilines is 2. The minimum Gasteiger partial charge on any atom is -0.376 e. The quantitative estimate of drug-likeness (QED) is 0.731. The standard InChI is InChI=1S/C17H16Cl3N3O2/c1-23(2)17(25)10-4-3-5-11(6-10)21-9-16(24)22-15-8-13(19)12(18)7-14(15)20/h3-8,21H,9H2,1-2H3,(H,22,24). The van der Waals surface area contributed by atoms with Gasteiger partial charge in [-0.05, 0) is 30.3 Å². The van der Waals surface area contributed by atoms with Gasteiger partial charge < -0.3 is 15.5 Å². The van der Waals surface area contributed by atoms with E-state index in [2.05, 4.69) is 10.6 Å². The van der Waals surface area contributed by atoms with Crippen molar-refractivity contribution < 1.29 is 9.59 Å². The summed E-state index contributed by atoms with van der Waals surface area (Å²) in [6.07, 6.45) is 0. The second-order valence-corrected chi connectivity index (χ2v) is 6.65. The van der Waals surface area contributed by atoms with Crippen LogP contribution in [0.4, 0.5) is 11.4 Å². The zero-order valence-corrected chi connectivity index (χ0v) is 15.8. The fourth-order valence-corrected chi connectivity index (χ4v) is 2.61. The van der Waals surface area contributed by atoms with Gasteiger partial charge in [0, 0.05) is 25.3 Å². The third kappa shape index (κ3) is 5.26. The minimum absolute atomic E-state index is 0.00379. The van der Waals surface area contributed by atoms with Crippen molar-refractivity contribution in [3.63, 3.8) is 0 Å². The number of nitrogens with one attached hydrogen (secondary N) is 2. The van der Waals surface area contributed by atoms with Crippen molar-refractivity contribution in [3.05, 3.63) is 57.0 Å². The Bertz CT molecular complexity index is 810. The summed E-state index contributed by atoms with van der Waals surface area (Å²) in [5.74, 6) is -0.430. The highest BCUT2D eigenvalue weighted by Crippen LogP contribution is 2.32. The molecule has 0 saturated carbocycles. The van der Waals surface area contributed by atoms with Crippen molar-refractivity contribution in [2.45, 2.75) is 0 Å². The number of carbonyl (C=O) groups is 2. The first-order valence-corrected chi connectivity index (χ1v) is 8.41. The lowest BCUT2D eigenvalue weighted by atomic mass is 10.2. The van der Waals surface area contributed by atoms with E-state index in [1.807, 2.05) is 0 Å². The molecular formula is C17H16Cl3N3O2. The molecule has 2 N–H and O–H groups in total. The van der Waals surface area contributed by atoms with E-state index in [9.17, 15) is 9.59 Å². The highest BCUT2D eigenvalue weighted by atomic mass is 35.5. The zero-order chi connectivity index (χ0) is 18.6. The summed E-state index contributed by atoms with van der Waals surface area (Å²) in [6.45, 7) is -0.00379. The van der Waals surface area contributed by atoms with Gasteiger partial charge in [0.1, 0.15) is 0 Å². The van der Waals surface area contributed by atoms with Gasteiger partial charge in [-0.1, -0.05) is 40.9 Å². The number of hydrogen-bond acceptors (Lipinski definition) is 3. The number of hydrogen-bond donors (Lipinski definition) is 2. The highest BCUT2D eigenvalue weighted by Gasteiger charge is 2.11. The Hall–Kier alpha value is -1.95. The highest BCUT2D eigenvalue weighted by molar-refractivity contribution is 6.44. The topological polar surface area (TPSA) is 61.4 Å². The van der Waals surface area contributed by atoms with Gasteiger partial charge in [-0.2, -0.15) is 0 Å². The Morgan fingerprint density at radius 3 is 2.36 bits per heavy atom. The average Bonchev–Trinajstić information content (AvgIpc) is 2.57. The van der Waals surface area contributed by atoms with Gasteiger partial charge >= 0.3 is 0 Å². The molecule has 8 heteroatoms. The van der Waals surface area contributed by atoms with Gasteiger partial charge in [0.2, 0.25) is 5.91 Å². The molecule has 0 unspecified atom stereocenters. The van der Waals surface area contributed by atoms with Crippen LogP contribution in [0.25, 0.3) is 0 Å². The Morgan fingerprint density at radius 1 is 1.00 bits per heavy atom. The van der Waals surface area contributed by atoms with Crippen molar-refractivity contribution in [1.82, 2.24) is 4.90 Å². The summed E-state index contributed by atoms with van der Waals surface area (Å²) >= 11 is 17.8. The van der Waals surface area contributed by atoms with Crippen molar-refractivity contribution >= 4 is 58.0 Å². The summed E-state index contributed by atoms with van der Waals surface area (Å²) in [5, 5.41) is 6.51. The molecule has 25 heavy (non-hydrogen) atoms. The molecule has 0 bridgehead atoms. The monoisotopic (exact) mass is 399 g/mol. The molecule has 0 aromatic heterocycles. The first-order valence-electron chi connectivity index (χ1n) is 7.28. The maximum atomic E-state index is 12.1. The fourth-order valence-electron chi connectivity index (χ4n) is 2.02. The first-order chi connectivity index (χ1) is 11.8. The minimum atomic E-state index is -0.315. The molecule has 2 amide bonds. The lowest BCUT2D eigenvalue weighted by Crippen LogP contribution is -2.23. The summed E-state index contributed by atoms with van der Waals surface area (Å²) in [6, 6.07) is 9.86. The van der Waals surface area contributed by atoms with Crippen LogP contribution < -0.4 is 10.6 Å². The van der Waals surface area contributed by atoms with E-state index in [4.69, 9.17) is 34.8 Å². The zero-order valence-electron chi connectivity index (χ0n) is 13.6. The largest absolute Gasteiger partial charge is 0.376 e. The molecule has 132 valence electrons. The molecule has 0 spiro atoms. The molecule has 0 aliphatic carbocycles. The molecule has 2 aromatic rings. The number of halogens is 3. The molecule has 2 rings (SSSR count). The van der Waals surface area contributed by atoms with Crippen LogP contribution in [0.1, 0.15) is 10.4 Å². The smallest absolute Gasteiger partial charge is 0.253 e. The van der Waals surface area contributed by atoms with Crippen LogP contribution in [-0.2, 0) is 4.79 Å². The Labute approximate surface area is 160 Å². The molecule has 0 saturated heterocycles. The first kappa shape index (κ1) is 19.4. The molecule has 0 aliphatic heterocycles. The summed E-state index contributed by atoms with van der Waals surface area (Å²) < 4.78 is 0. The number of nitrogens with zero attached hydrogens (tertiary/aromatic N) is 1. The predicted molar refractivity (Wildman–Crippen MR) is 103 cm³/mol. The number of benzene rings is 2. The number of carbonyl (C=O) groups excluding carboxylic acids is 2. The Balaban J connectivity index is 2.00. The van der Waals surface area contributed by atoms with Crippen molar-refractivity contribution in [2.75, 3.05) is 31.3 Å². The lowest BCUT2D eigenvalue weighted by Gasteiger charge is -2.13.